The van der Waals surface area contributed by atoms with Crippen LogP contribution in [0.25, 0.3) is 0 Å². The van der Waals surface area contributed by atoms with Crippen molar-refractivity contribution in [3.05, 3.63) is 24.3 Å². The van der Waals surface area contributed by atoms with Crippen LogP contribution in [0.2, 0.25) is 0 Å². The summed E-state index contributed by atoms with van der Waals surface area (Å²) in [5.41, 5.74) is 0.918. The zero-order valence-electron chi connectivity index (χ0n) is 16.6. The number of amides is 1. The lowest BCUT2D eigenvalue weighted by Gasteiger charge is -2.41. The van der Waals surface area contributed by atoms with Gasteiger partial charge in [-0.25, -0.2) is 0 Å². The third-order valence-corrected chi connectivity index (χ3v) is 6.54. The summed E-state index contributed by atoms with van der Waals surface area (Å²) >= 11 is 0. The average Bonchev–Trinajstić information content (AvgIpc) is 2.90. The quantitative estimate of drug-likeness (QED) is 0.736. The molecule has 0 radical (unpaired) electrons. The second-order valence-corrected chi connectivity index (χ2v) is 8.57. The number of methoxy groups -OCH3 is 1. The first-order valence-corrected chi connectivity index (χ1v) is 10.4. The van der Waals surface area contributed by atoms with Crippen molar-refractivity contribution in [1.29, 1.82) is 0 Å². The summed E-state index contributed by atoms with van der Waals surface area (Å²) in [5.74, 6) is 2.16. The van der Waals surface area contributed by atoms with Gasteiger partial charge in [-0.05, 0) is 56.1 Å². The highest BCUT2D eigenvalue weighted by Gasteiger charge is 2.41. The number of hydrogen-bond donors (Lipinski definition) is 0. The fourth-order valence-corrected chi connectivity index (χ4v) is 5.29. The predicted molar refractivity (Wildman–Crippen MR) is 106 cm³/mol. The Hall–Kier alpha value is -1.59. The average molecular weight is 373 g/mol. The number of benzene rings is 1. The third-order valence-electron chi connectivity index (χ3n) is 6.54. The van der Waals surface area contributed by atoms with Crippen LogP contribution in [0, 0.1) is 11.8 Å². The number of hydrogen-bond acceptors (Lipinski definition) is 4. The van der Waals surface area contributed by atoms with Crippen LogP contribution >= 0.6 is 0 Å². The van der Waals surface area contributed by atoms with E-state index in [0.29, 0.717) is 5.92 Å². The molecule has 0 aliphatic carbocycles. The predicted octanol–water partition coefficient (Wildman–Crippen LogP) is 3.33. The van der Waals surface area contributed by atoms with Gasteiger partial charge < -0.3 is 14.4 Å². The number of carbonyl (C=O) groups excluding carboxylic acids is 1. The van der Waals surface area contributed by atoms with Crippen LogP contribution < -0.4 is 9.64 Å². The largest absolute Gasteiger partial charge is 0.482 e. The van der Waals surface area contributed by atoms with Crippen LogP contribution in [0.5, 0.6) is 5.75 Å². The van der Waals surface area contributed by atoms with Crippen LogP contribution in [0.4, 0.5) is 5.69 Å². The van der Waals surface area contributed by atoms with Gasteiger partial charge in [0.15, 0.2) is 6.61 Å². The van der Waals surface area contributed by atoms with E-state index in [2.05, 4.69) is 11.8 Å². The molecule has 3 heterocycles. The van der Waals surface area contributed by atoms with Gasteiger partial charge in [-0.2, -0.15) is 0 Å². The summed E-state index contributed by atoms with van der Waals surface area (Å²) in [6.07, 6.45) is 6.49. The fourth-order valence-electron chi connectivity index (χ4n) is 5.29. The highest BCUT2D eigenvalue weighted by atomic mass is 16.5. The monoisotopic (exact) mass is 372 g/mol. The molecule has 2 unspecified atom stereocenters. The van der Waals surface area contributed by atoms with E-state index in [1.807, 2.05) is 29.2 Å². The zero-order chi connectivity index (χ0) is 18.8. The van der Waals surface area contributed by atoms with Crippen molar-refractivity contribution in [2.24, 2.45) is 11.8 Å². The van der Waals surface area contributed by atoms with Crippen molar-refractivity contribution < 1.29 is 14.3 Å². The lowest BCUT2D eigenvalue weighted by molar-refractivity contribution is -0.121. The molecule has 4 rings (SSSR count). The number of piperidine rings is 1. The Bertz CT molecular complexity index is 651. The van der Waals surface area contributed by atoms with Gasteiger partial charge in [-0.3, -0.25) is 9.69 Å². The highest BCUT2D eigenvalue weighted by Crippen LogP contribution is 2.40. The van der Waals surface area contributed by atoms with Crippen LogP contribution in [0.15, 0.2) is 24.3 Å². The van der Waals surface area contributed by atoms with Gasteiger partial charge >= 0.3 is 0 Å². The molecule has 4 atom stereocenters. The topological polar surface area (TPSA) is 42.0 Å². The van der Waals surface area contributed by atoms with E-state index in [4.69, 9.17) is 9.47 Å². The normalized spacial score (nSPS) is 28.7. The van der Waals surface area contributed by atoms with Crippen molar-refractivity contribution in [1.82, 2.24) is 4.90 Å². The molecule has 27 heavy (non-hydrogen) atoms. The van der Waals surface area contributed by atoms with E-state index >= 15 is 0 Å². The fraction of sp³-hybridized carbons (Fsp3) is 0.682. The maximum Gasteiger partial charge on any atom is 0.265 e. The van der Waals surface area contributed by atoms with Gasteiger partial charge in [0.05, 0.1) is 5.69 Å². The maximum atomic E-state index is 12.4. The first kappa shape index (κ1) is 18.8. The number of ether oxygens (including phenoxy) is 2. The smallest absolute Gasteiger partial charge is 0.265 e. The number of anilines is 1. The maximum absolute atomic E-state index is 12.4. The molecular formula is C22H32N2O3. The molecule has 1 aromatic rings. The second-order valence-electron chi connectivity index (χ2n) is 8.57. The first-order chi connectivity index (χ1) is 13.2. The van der Waals surface area contributed by atoms with E-state index in [1.54, 1.807) is 7.11 Å². The van der Waals surface area contributed by atoms with Crippen LogP contribution in [-0.4, -0.2) is 56.3 Å². The minimum absolute atomic E-state index is 0.0711. The van der Waals surface area contributed by atoms with Gasteiger partial charge in [-0.15, -0.1) is 0 Å². The Morgan fingerprint density at radius 1 is 1.19 bits per heavy atom. The summed E-state index contributed by atoms with van der Waals surface area (Å²) in [7, 11) is 1.80. The minimum atomic E-state index is 0.0711. The lowest BCUT2D eigenvalue weighted by atomic mass is 9.88. The highest BCUT2D eigenvalue weighted by molar-refractivity contribution is 5.97. The summed E-state index contributed by atoms with van der Waals surface area (Å²) in [5, 5.41) is 0. The van der Waals surface area contributed by atoms with Gasteiger partial charge in [0.1, 0.15) is 5.75 Å². The molecule has 148 valence electrons. The molecule has 1 aromatic carbocycles. The molecule has 2 saturated heterocycles. The van der Waals surface area contributed by atoms with E-state index in [1.165, 1.54) is 32.1 Å². The van der Waals surface area contributed by atoms with Crippen molar-refractivity contribution in [3.63, 3.8) is 0 Å². The molecule has 0 aromatic heterocycles. The first-order valence-electron chi connectivity index (χ1n) is 10.4. The number of carbonyl (C=O) groups is 1. The Kier molecular flexibility index (Phi) is 5.69. The molecule has 5 nitrogen and oxygen atoms in total. The number of rotatable bonds is 7. The van der Waals surface area contributed by atoms with E-state index < -0.39 is 0 Å². The number of para-hydroxylation sites is 2. The standard InChI is InChI=1S/C22H32N2O3/c1-16(14-24-20-5-3-4-6-21(20)27-15-22(24)25)13-23-18-7-8-19(23)12-17(11-18)9-10-26-2/h3-6,16-19H,7-15H2,1-2H3/t16?,17-,18-,19?/m1/s1. The Morgan fingerprint density at radius 2 is 1.93 bits per heavy atom. The van der Waals surface area contributed by atoms with E-state index in [-0.39, 0.29) is 12.5 Å². The molecule has 0 N–H and O–H groups in total. The summed E-state index contributed by atoms with van der Waals surface area (Å²) in [4.78, 5) is 17.1. The van der Waals surface area contributed by atoms with Gasteiger partial charge in [0.25, 0.3) is 5.91 Å². The van der Waals surface area contributed by atoms with Gasteiger partial charge in [0, 0.05) is 38.9 Å². The zero-order valence-corrected chi connectivity index (χ0v) is 16.6. The number of fused-ring (bicyclic) bond motifs is 3. The Morgan fingerprint density at radius 3 is 2.67 bits per heavy atom. The molecule has 5 heteroatoms. The molecule has 2 fully saturated rings. The summed E-state index contributed by atoms with van der Waals surface area (Å²) < 4.78 is 10.9. The van der Waals surface area contributed by atoms with Gasteiger partial charge in [0.2, 0.25) is 0 Å². The molecule has 2 bridgehead atoms. The van der Waals surface area contributed by atoms with Crippen LogP contribution in [0.3, 0.4) is 0 Å². The molecule has 3 aliphatic heterocycles. The van der Waals surface area contributed by atoms with Gasteiger partial charge in [-0.1, -0.05) is 19.1 Å². The summed E-state index contributed by atoms with van der Waals surface area (Å²) in [6, 6.07) is 9.32. The van der Waals surface area contributed by atoms with Crippen molar-refractivity contribution in [2.75, 3.05) is 38.3 Å². The van der Waals surface area contributed by atoms with Crippen LogP contribution in [-0.2, 0) is 9.53 Å². The molecule has 0 saturated carbocycles. The van der Waals surface area contributed by atoms with Crippen molar-refractivity contribution >= 4 is 11.6 Å². The molecule has 3 aliphatic rings. The SMILES string of the molecule is COCC[C@H]1CC2CC[C@H](C1)N2CC(C)CN1C(=O)COc2ccccc21. The van der Waals surface area contributed by atoms with Crippen molar-refractivity contribution in [3.8, 4) is 5.75 Å². The molecule has 0 spiro atoms. The third kappa shape index (κ3) is 3.99. The Balaban J connectivity index is 1.36. The van der Waals surface area contributed by atoms with Crippen molar-refractivity contribution in [2.45, 2.75) is 51.1 Å². The Labute approximate surface area is 162 Å². The van der Waals surface area contributed by atoms with Crippen LogP contribution in [0.1, 0.15) is 39.0 Å². The van der Waals surface area contributed by atoms with E-state index in [0.717, 1.165) is 49.1 Å². The lowest BCUT2D eigenvalue weighted by Crippen LogP contribution is -2.48. The van der Waals surface area contributed by atoms with E-state index in [9.17, 15) is 4.79 Å². The minimum Gasteiger partial charge on any atom is -0.482 e. The number of nitrogens with zero attached hydrogens (tertiary/aromatic N) is 2. The molecular weight excluding hydrogens is 340 g/mol. The summed E-state index contributed by atoms with van der Waals surface area (Å²) in [6.45, 7) is 5.17. The molecule has 1 amide bonds. The second kappa shape index (κ2) is 8.19.